The van der Waals surface area contributed by atoms with E-state index in [4.69, 9.17) is 4.74 Å². The molecule has 2 bridgehead atoms. The van der Waals surface area contributed by atoms with E-state index in [0.717, 1.165) is 44.2 Å². The van der Waals surface area contributed by atoms with Crippen molar-refractivity contribution < 1.29 is 4.74 Å². The number of rotatable bonds is 3. The van der Waals surface area contributed by atoms with Crippen LogP contribution in [0.5, 0.6) is 0 Å². The molecule has 4 heteroatoms. The van der Waals surface area contributed by atoms with Crippen molar-refractivity contribution in [2.45, 2.75) is 40.0 Å². The van der Waals surface area contributed by atoms with E-state index in [0.29, 0.717) is 5.41 Å². The van der Waals surface area contributed by atoms with Gasteiger partial charge in [-0.15, -0.1) is 0 Å². The summed E-state index contributed by atoms with van der Waals surface area (Å²) in [7, 11) is 0. The van der Waals surface area contributed by atoms with Gasteiger partial charge in [0.2, 0.25) is 0 Å². The number of nitrogens with zero attached hydrogens (tertiary/aromatic N) is 3. The van der Waals surface area contributed by atoms with Gasteiger partial charge in [0.15, 0.2) is 0 Å². The number of hydrogen-bond acceptors (Lipinski definition) is 4. The lowest BCUT2D eigenvalue weighted by molar-refractivity contribution is 0.122. The van der Waals surface area contributed by atoms with E-state index in [1.165, 1.54) is 24.2 Å². The minimum atomic E-state index is 0.231. The minimum absolute atomic E-state index is 0.231. The summed E-state index contributed by atoms with van der Waals surface area (Å²) in [6.45, 7) is 10.8. The van der Waals surface area contributed by atoms with Gasteiger partial charge in [-0.25, -0.2) is 0 Å². The molecule has 4 rings (SSSR count). The molecule has 1 aliphatic heterocycles. The van der Waals surface area contributed by atoms with Crippen LogP contribution in [0.15, 0.2) is 34.5 Å². The van der Waals surface area contributed by atoms with Crippen LogP contribution < -0.4 is 4.90 Å². The van der Waals surface area contributed by atoms with Crippen molar-refractivity contribution in [3.63, 3.8) is 0 Å². The zero-order chi connectivity index (χ0) is 17.5. The van der Waals surface area contributed by atoms with Crippen LogP contribution in [-0.2, 0) is 4.74 Å². The van der Waals surface area contributed by atoms with Crippen LogP contribution in [0.2, 0.25) is 0 Å². The van der Waals surface area contributed by atoms with Crippen molar-refractivity contribution in [2.24, 2.45) is 27.0 Å². The van der Waals surface area contributed by atoms with Crippen LogP contribution in [0.3, 0.4) is 0 Å². The SMILES string of the molecule is CC1(C)[C@@H]2CC[C@]1(C)/C(=N/N=C\c1ccc(N3CCOCC3)cc1)C2. The molecular formula is C21H29N3O. The molecule has 25 heavy (non-hydrogen) atoms. The standard InChI is InChI=1S/C21H29N3O/c1-20(2)17-8-9-21(20,3)19(14-17)23-22-15-16-4-6-18(7-5-16)24-10-12-25-13-11-24/h4-7,15,17H,8-14H2,1-3H3/b22-15-,23-19+/t17-,21-/m1/s1. The number of fused-ring (bicyclic) bond motifs is 2. The second-order valence-corrected chi connectivity index (χ2v) is 8.48. The average molecular weight is 339 g/mol. The number of hydrogen-bond donors (Lipinski definition) is 0. The van der Waals surface area contributed by atoms with E-state index in [2.05, 4.69) is 60.1 Å². The van der Waals surface area contributed by atoms with Crippen LogP contribution in [0.4, 0.5) is 5.69 Å². The van der Waals surface area contributed by atoms with Crippen molar-refractivity contribution in [1.82, 2.24) is 0 Å². The summed E-state index contributed by atoms with van der Waals surface area (Å²) in [5.74, 6) is 0.777. The molecule has 1 saturated heterocycles. The summed E-state index contributed by atoms with van der Waals surface area (Å²) >= 11 is 0. The van der Waals surface area contributed by atoms with Gasteiger partial charge >= 0.3 is 0 Å². The molecule has 0 unspecified atom stereocenters. The highest BCUT2D eigenvalue weighted by atomic mass is 16.5. The van der Waals surface area contributed by atoms with Gasteiger partial charge in [0.1, 0.15) is 0 Å². The van der Waals surface area contributed by atoms with Gasteiger partial charge in [0.05, 0.1) is 19.4 Å². The van der Waals surface area contributed by atoms with E-state index < -0.39 is 0 Å². The van der Waals surface area contributed by atoms with Crippen molar-refractivity contribution in [1.29, 1.82) is 0 Å². The molecule has 2 saturated carbocycles. The molecule has 3 fully saturated rings. The fraction of sp³-hybridized carbons (Fsp3) is 0.619. The van der Waals surface area contributed by atoms with Gasteiger partial charge in [-0.05, 0) is 48.3 Å². The quantitative estimate of drug-likeness (QED) is 0.613. The van der Waals surface area contributed by atoms with Crippen LogP contribution in [0, 0.1) is 16.7 Å². The van der Waals surface area contributed by atoms with Gasteiger partial charge in [-0.2, -0.15) is 10.2 Å². The summed E-state index contributed by atoms with van der Waals surface area (Å²) < 4.78 is 5.41. The third-order valence-corrected chi connectivity index (χ3v) is 7.17. The summed E-state index contributed by atoms with van der Waals surface area (Å²) in [6.07, 6.45) is 5.61. The van der Waals surface area contributed by atoms with Crippen LogP contribution >= 0.6 is 0 Å². The average Bonchev–Trinajstić information content (AvgIpc) is 2.96. The number of anilines is 1. The highest BCUT2D eigenvalue weighted by Gasteiger charge is 2.59. The van der Waals surface area contributed by atoms with Crippen molar-refractivity contribution >= 4 is 17.6 Å². The first kappa shape index (κ1) is 16.8. The third kappa shape index (κ3) is 2.80. The molecule has 1 aromatic carbocycles. The molecule has 1 heterocycles. The highest BCUT2D eigenvalue weighted by Crippen LogP contribution is 2.63. The Morgan fingerprint density at radius 2 is 1.84 bits per heavy atom. The molecule has 2 aliphatic carbocycles. The molecule has 0 aromatic heterocycles. The zero-order valence-corrected chi connectivity index (χ0v) is 15.7. The van der Waals surface area contributed by atoms with E-state index in [1.54, 1.807) is 0 Å². The van der Waals surface area contributed by atoms with Gasteiger partial charge < -0.3 is 9.64 Å². The molecule has 0 N–H and O–H groups in total. The zero-order valence-electron chi connectivity index (χ0n) is 15.7. The lowest BCUT2D eigenvalue weighted by Crippen LogP contribution is -2.36. The lowest BCUT2D eigenvalue weighted by atomic mass is 9.70. The summed E-state index contributed by atoms with van der Waals surface area (Å²) in [5.41, 5.74) is 4.26. The fourth-order valence-corrected chi connectivity index (χ4v) is 4.84. The highest BCUT2D eigenvalue weighted by molar-refractivity contribution is 5.94. The molecule has 0 amide bonds. The Morgan fingerprint density at radius 1 is 1.12 bits per heavy atom. The molecule has 0 radical (unpaired) electrons. The second kappa shape index (κ2) is 6.24. The first-order valence-electron chi connectivity index (χ1n) is 9.54. The topological polar surface area (TPSA) is 37.2 Å². The first-order chi connectivity index (χ1) is 12.0. The molecule has 2 atom stereocenters. The predicted octanol–water partition coefficient (Wildman–Crippen LogP) is 4.14. The normalized spacial score (nSPS) is 32.8. The van der Waals surface area contributed by atoms with E-state index in [1.807, 2.05) is 6.21 Å². The Balaban J connectivity index is 1.44. The molecule has 4 nitrogen and oxygen atoms in total. The van der Waals surface area contributed by atoms with E-state index >= 15 is 0 Å². The Labute approximate surface area is 151 Å². The third-order valence-electron chi connectivity index (χ3n) is 7.17. The Kier molecular flexibility index (Phi) is 4.19. The first-order valence-corrected chi connectivity index (χ1v) is 9.54. The van der Waals surface area contributed by atoms with E-state index in [-0.39, 0.29) is 5.41 Å². The van der Waals surface area contributed by atoms with Gasteiger partial charge in [-0.3, -0.25) is 0 Å². The predicted molar refractivity (Wildman–Crippen MR) is 104 cm³/mol. The Morgan fingerprint density at radius 3 is 2.44 bits per heavy atom. The smallest absolute Gasteiger partial charge is 0.0642 e. The molecule has 134 valence electrons. The fourth-order valence-electron chi connectivity index (χ4n) is 4.84. The summed E-state index contributed by atoms with van der Waals surface area (Å²) in [6, 6.07) is 8.59. The number of benzene rings is 1. The van der Waals surface area contributed by atoms with E-state index in [9.17, 15) is 0 Å². The maximum absolute atomic E-state index is 5.41. The largest absolute Gasteiger partial charge is 0.378 e. The summed E-state index contributed by atoms with van der Waals surface area (Å²) in [5, 5.41) is 9.06. The maximum atomic E-state index is 5.41. The van der Waals surface area contributed by atoms with Crippen molar-refractivity contribution in [3.8, 4) is 0 Å². The van der Waals surface area contributed by atoms with Gasteiger partial charge in [-0.1, -0.05) is 32.9 Å². The maximum Gasteiger partial charge on any atom is 0.0642 e. The molecule has 0 spiro atoms. The van der Waals surface area contributed by atoms with Crippen molar-refractivity contribution in [3.05, 3.63) is 29.8 Å². The Hall–Kier alpha value is -1.68. The van der Waals surface area contributed by atoms with Crippen LogP contribution in [0.1, 0.15) is 45.6 Å². The van der Waals surface area contributed by atoms with Crippen molar-refractivity contribution in [2.75, 3.05) is 31.2 Å². The molecule has 3 aliphatic rings. The lowest BCUT2D eigenvalue weighted by Gasteiger charge is -2.34. The van der Waals surface area contributed by atoms with Crippen LogP contribution in [-0.4, -0.2) is 38.2 Å². The monoisotopic (exact) mass is 339 g/mol. The summed E-state index contributed by atoms with van der Waals surface area (Å²) in [4.78, 5) is 2.36. The van der Waals surface area contributed by atoms with Crippen LogP contribution in [0.25, 0.3) is 0 Å². The minimum Gasteiger partial charge on any atom is -0.378 e. The molecule has 1 aromatic rings. The second-order valence-electron chi connectivity index (χ2n) is 8.48. The van der Waals surface area contributed by atoms with Gasteiger partial charge in [0, 0.05) is 29.9 Å². The Bertz CT molecular complexity index is 686. The number of ether oxygens (including phenoxy) is 1. The number of morpholine rings is 1. The molecular weight excluding hydrogens is 310 g/mol. The van der Waals surface area contributed by atoms with Gasteiger partial charge in [0.25, 0.3) is 0 Å².